The highest BCUT2D eigenvalue weighted by atomic mass is 32.2. The van der Waals surface area contributed by atoms with Gasteiger partial charge in [0.1, 0.15) is 6.61 Å². The van der Waals surface area contributed by atoms with Gasteiger partial charge < -0.3 is 4.74 Å². The summed E-state index contributed by atoms with van der Waals surface area (Å²) in [6.07, 6.45) is 1.64. The molecule has 0 aliphatic carbocycles. The molecule has 0 saturated heterocycles. The summed E-state index contributed by atoms with van der Waals surface area (Å²) in [5, 5.41) is 3.14. The van der Waals surface area contributed by atoms with Gasteiger partial charge in [-0.25, -0.2) is 9.78 Å². The van der Waals surface area contributed by atoms with E-state index in [0.29, 0.717) is 11.3 Å². The van der Waals surface area contributed by atoms with Gasteiger partial charge >= 0.3 is 5.97 Å². The number of hydrogen-bond donors (Lipinski definition) is 0. The molecule has 0 aliphatic rings. The largest absolute Gasteiger partial charge is 0.456 e. The molecule has 1 unspecified atom stereocenters. The summed E-state index contributed by atoms with van der Waals surface area (Å²) in [5.41, 5.74) is 2.91. The van der Waals surface area contributed by atoms with Crippen molar-refractivity contribution < 1.29 is 13.7 Å². The number of nitrogens with zero attached hydrogens (tertiary/aromatic N) is 1. The van der Waals surface area contributed by atoms with Gasteiger partial charge in [0, 0.05) is 33.6 Å². The highest BCUT2D eigenvalue weighted by molar-refractivity contribution is 7.83. The van der Waals surface area contributed by atoms with Gasteiger partial charge in [-0.15, -0.1) is 0 Å². The van der Waals surface area contributed by atoms with E-state index in [2.05, 4.69) is 6.07 Å². The summed E-state index contributed by atoms with van der Waals surface area (Å²) in [7, 11) is -0.963. The quantitative estimate of drug-likeness (QED) is 0.369. The number of carbonyl (C=O) groups excluding carboxylic acids is 1. The third-order valence-electron chi connectivity index (χ3n) is 4.56. The molecule has 0 amide bonds. The summed E-state index contributed by atoms with van der Waals surface area (Å²) in [4.78, 5) is 17.2. The Balaban J connectivity index is 1.62. The fourth-order valence-corrected chi connectivity index (χ4v) is 3.97. The lowest BCUT2D eigenvalue weighted by atomic mass is 10.0. The van der Waals surface area contributed by atoms with Crippen molar-refractivity contribution in [2.24, 2.45) is 0 Å². The van der Waals surface area contributed by atoms with E-state index in [1.807, 2.05) is 48.5 Å². The third-order valence-corrected chi connectivity index (χ3v) is 5.30. The molecule has 3 aromatic carbocycles. The molecule has 5 heteroatoms. The Bertz CT molecular complexity index is 1200. The van der Waals surface area contributed by atoms with E-state index in [1.165, 1.54) is 0 Å². The monoisotopic (exact) mass is 389 g/mol. The predicted molar refractivity (Wildman–Crippen MR) is 113 cm³/mol. The fourth-order valence-electron chi connectivity index (χ4n) is 3.32. The SMILES string of the molecule is CS(=O)Cc1cccc(C(=O)OCc2nc3ccccc3c3ccccc23)c1. The number of rotatable bonds is 5. The van der Waals surface area contributed by atoms with Crippen LogP contribution in [0.1, 0.15) is 21.6 Å². The number of pyridine rings is 1. The van der Waals surface area contributed by atoms with E-state index in [1.54, 1.807) is 24.5 Å². The standard InChI is InChI=1S/C23H19NO3S/c1-28(26)15-16-7-6-8-17(13-16)23(25)27-14-22-20-11-3-2-9-18(20)19-10-4-5-12-21(19)24-22/h2-13H,14-15H2,1H3. The Morgan fingerprint density at radius 3 is 2.43 bits per heavy atom. The molecule has 28 heavy (non-hydrogen) atoms. The van der Waals surface area contributed by atoms with Crippen LogP contribution in [0.15, 0.2) is 72.8 Å². The minimum absolute atomic E-state index is 0.0914. The van der Waals surface area contributed by atoms with Crippen LogP contribution in [-0.4, -0.2) is 21.4 Å². The maximum atomic E-state index is 12.5. The van der Waals surface area contributed by atoms with Crippen LogP contribution in [-0.2, 0) is 27.9 Å². The van der Waals surface area contributed by atoms with Crippen molar-refractivity contribution in [1.29, 1.82) is 0 Å². The lowest BCUT2D eigenvalue weighted by Crippen LogP contribution is -2.07. The average molecular weight is 389 g/mol. The number of aromatic nitrogens is 1. The Morgan fingerprint density at radius 1 is 0.929 bits per heavy atom. The fraction of sp³-hybridized carbons (Fsp3) is 0.130. The zero-order chi connectivity index (χ0) is 19.5. The van der Waals surface area contributed by atoms with Crippen LogP contribution in [0, 0.1) is 0 Å². The van der Waals surface area contributed by atoms with Crippen LogP contribution in [0.5, 0.6) is 0 Å². The molecular formula is C23H19NO3S. The van der Waals surface area contributed by atoms with Gasteiger partial charge in [-0.3, -0.25) is 4.21 Å². The van der Waals surface area contributed by atoms with E-state index in [-0.39, 0.29) is 6.61 Å². The first-order valence-corrected chi connectivity index (χ1v) is 10.7. The number of esters is 1. The van der Waals surface area contributed by atoms with Crippen LogP contribution >= 0.6 is 0 Å². The number of fused-ring (bicyclic) bond motifs is 3. The number of carbonyl (C=O) groups is 1. The molecule has 0 radical (unpaired) electrons. The van der Waals surface area contributed by atoms with Crippen molar-refractivity contribution in [3.8, 4) is 0 Å². The molecule has 0 bridgehead atoms. The molecule has 1 heterocycles. The molecule has 4 rings (SSSR count). The van der Waals surface area contributed by atoms with Gasteiger partial charge in [-0.05, 0) is 29.1 Å². The van der Waals surface area contributed by atoms with Crippen molar-refractivity contribution >= 4 is 38.4 Å². The minimum atomic E-state index is -0.963. The van der Waals surface area contributed by atoms with Gasteiger partial charge in [0.25, 0.3) is 0 Å². The molecule has 0 aliphatic heterocycles. The highest BCUT2D eigenvalue weighted by Gasteiger charge is 2.12. The Morgan fingerprint density at radius 2 is 1.64 bits per heavy atom. The first kappa shape index (κ1) is 18.3. The molecule has 4 nitrogen and oxygen atoms in total. The molecule has 4 aromatic rings. The first-order valence-electron chi connectivity index (χ1n) is 8.94. The summed E-state index contributed by atoms with van der Waals surface area (Å²) in [5.74, 6) is 0.000573. The second-order valence-corrected chi connectivity index (χ2v) is 8.05. The lowest BCUT2D eigenvalue weighted by molar-refractivity contribution is 0.0470. The average Bonchev–Trinajstić information content (AvgIpc) is 2.71. The Hall–Kier alpha value is -3.05. The van der Waals surface area contributed by atoms with E-state index < -0.39 is 16.8 Å². The van der Waals surface area contributed by atoms with E-state index in [9.17, 15) is 9.00 Å². The second kappa shape index (κ2) is 7.90. The number of hydrogen-bond acceptors (Lipinski definition) is 4. The van der Waals surface area contributed by atoms with Crippen molar-refractivity contribution in [3.63, 3.8) is 0 Å². The molecule has 1 atom stereocenters. The van der Waals surface area contributed by atoms with Crippen LogP contribution in [0.3, 0.4) is 0 Å². The van der Waals surface area contributed by atoms with E-state index >= 15 is 0 Å². The van der Waals surface area contributed by atoms with Gasteiger partial charge in [0.2, 0.25) is 0 Å². The molecule has 0 fully saturated rings. The maximum Gasteiger partial charge on any atom is 0.338 e. The van der Waals surface area contributed by atoms with E-state index in [0.717, 1.165) is 32.9 Å². The van der Waals surface area contributed by atoms with Crippen molar-refractivity contribution in [2.75, 3.05) is 6.26 Å². The van der Waals surface area contributed by atoms with Crippen LogP contribution in [0.2, 0.25) is 0 Å². The summed E-state index contributed by atoms with van der Waals surface area (Å²) >= 11 is 0. The van der Waals surface area contributed by atoms with Gasteiger partial charge in [-0.1, -0.05) is 54.6 Å². The molecule has 140 valence electrons. The molecular weight excluding hydrogens is 370 g/mol. The van der Waals surface area contributed by atoms with E-state index in [4.69, 9.17) is 9.72 Å². The lowest BCUT2D eigenvalue weighted by Gasteiger charge is -2.10. The van der Waals surface area contributed by atoms with Crippen LogP contribution < -0.4 is 0 Å². The number of benzene rings is 3. The summed E-state index contributed by atoms with van der Waals surface area (Å²) in [6, 6.07) is 23.0. The van der Waals surface area contributed by atoms with Crippen molar-refractivity contribution in [3.05, 3.63) is 89.6 Å². The Kier molecular flexibility index (Phi) is 5.17. The summed E-state index contributed by atoms with van der Waals surface area (Å²) in [6.45, 7) is 0.0914. The smallest absolute Gasteiger partial charge is 0.338 e. The zero-order valence-electron chi connectivity index (χ0n) is 15.4. The van der Waals surface area contributed by atoms with Crippen molar-refractivity contribution in [1.82, 2.24) is 4.98 Å². The molecule has 0 saturated carbocycles. The van der Waals surface area contributed by atoms with Crippen molar-refractivity contribution in [2.45, 2.75) is 12.4 Å². The third kappa shape index (κ3) is 3.80. The minimum Gasteiger partial charge on any atom is -0.456 e. The van der Waals surface area contributed by atoms with Crippen LogP contribution in [0.25, 0.3) is 21.7 Å². The molecule has 0 N–H and O–H groups in total. The van der Waals surface area contributed by atoms with Gasteiger partial charge in [-0.2, -0.15) is 0 Å². The van der Waals surface area contributed by atoms with Gasteiger partial charge in [0.15, 0.2) is 0 Å². The topological polar surface area (TPSA) is 56.3 Å². The normalized spacial score (nSPS) is 12.2. The maximum absolute atomic E-state index is 12.5. The number of para-hydroxylation sites is 1. The predicted octanol–water partition coefficient (Wildman–Crippen LogP) is 4.62. The zero-order valence-corrected chi connectivity index (χ0v) is 16.2. The highest BCUT2D eigenvalue weighted by Crippen LogP contribution is 2.26. The molecule has 1 aromatic heterocycles. The second-order valence-electron chi connectivity index (χ2n) is 6.62. The Labute approximate surface area is 165 Å². The number of ether oxygens (including phenoxy) is 1. The summed E-state index contributed by atoms with van der Waals surface area (Å²) < 4.78 is 17.0. The van der Waals surface area contributed by atoms with Crippen LogP contribution in [0.4, 0.5) is 0 Å². The van der Waals surface area contributed by atoms with Gasteiger partial charge in [0.05, 0.1) is 16.8 Å². The first-order chi connectivity index (χ1) is 13.6. The molecule has 0 spiro atoms.